The van der Waals surface area contributed by atoms with Crippen molar-refractivity contribution in [3.05, 3.63) is 35.1 Å². The van der Waals surface area contributed by atoms with Gasteiger partial charge in [-0.25, -0.2) is 9.31 Å². The molecule has 7 heteroatoms. The highest BCUT2D eigenvalue weighted by atomic mass is 35.5. The van der Waals surface area contributed by atoms with Crippen LogP contribution in [0.3, 0.4) is 0 Å². The van der Waals surface area contributed by atoms with E-state index in [1.165, 1.54) is 4.90 Å². The standard InChI is InChI=1S/C16H20ClN3O3/c1-16(2,3)19(15(21)22)7-5-6-11-8-13(23-4)14-12(17)9-18-20(14)10-11/h5-6,8-10H,7H2,1-4H3,(H,21,22). The van der Waals surface area contributed by atoms with Crippen molar-refractivity contribution in [1.29, 1.82) is 0 Å². The van der Waals surface area contributed by atoms with E-state index in [9.17, 15) is 9.90 Å². The van der Waals surface area contributed by atoms with Crippen molar-refractivity contribution in [2.24, 2.45) is 0 Å². The third-order valence-corrected chi connectivity index (χ3v) is 3.69. The molecule has 0 radical (unpaired) electrons. The second kappa shape index (κ2) is 6.50. The number of nitrogens with zero attached hydrogens (tertiary/aromatic N) is 3. The number of halogens is 1. The maximum Gasteiger partial charge on any atom is 0.408 e. The van der Waals surface area contributed by atoms with Crippen molar-refractivity contribution in [3.63, 3.8) is 0 Å². The van der Waals surface area contributed by atoms with Gasteiger partial charge in [0.25, 0.3) is 0 Å². The van der Waals surface area contributed by atoms with Gasteiger partial charge in [-0.1, -0.05) is 23.8 Å². The highest BCUT2D eigenvalue weighted by Gasteiger charge is 2.24. The number of pyridine rings is 1. The number of rotatable bonds is 4. The van der Waals surface area contributed by atoms with E-state index in [-0.39, 0.29) is 0 Å². The van der Waals surface area contributed by atoms with Gasteiger partial charge in [0.2, 0.25) is 0 Å². The van der Waals surface area contributed by atoms with E-state index in [1.54, 1.807) is 23.9 Å². The number of carbonyl (C=O) groups is 1. The van der Waals surface area contributed by atoms with Gasteiger partial charge in [0.1, 0.15) is 11.3 Å². The summed E-state index contributed by atoms with van der Waals surface area (Å²) in [5.74, 6) is 0.612. The Kier molecular flexibility index (Phi) is 4.85. The molecule has 23 heavy (non-hydrogen) atoms. The second-order valence-electron chi connectivity index (χ2n) is 6.09. The summed E-state index contributed by atoms with van der Waals surface area (Å²) in [7, 11) is 1.57. The Labute approximate surface area is 139 Å². The molecule has 0 bridgehead atoms. The Morgan fingerprint density at radius 2 is 2.22 bits per heavy atom. The van der Waals surface area contributed by atoms with Crippen molar-refractivity contribution >= 4 is 29.3 Å². The fourth-order valence-electron chi connectivity index (χ4n) is 2.25. The van der Waals surface area contributed by atoms with Gasteiger partial charge >= 0.3 is 6.09 Å². The number of amides is 1. The molecule has 0 aliphatic rings. The maximum absolute atomic E-state index is 11.3. The van der Waals surface area contributed by atoms with Crippen LogP contribution in [0.15, 0.2) is 24.5 Å². The highest BCUT2D eigenvalue weighted by molar-refractivity contribution is 6.34. The van der Waals surface area contributed by atoms with Crippen LogP contribution in [0.2, 0.25) is 5.02 Å². The van der Waals surface area contributed by atoms with E-state index in [2.05, 4.69) is 5.10 Å². The summed E-state index contributed by atoms with van der Waals surface area (Å²) in [5, 5.41) is 14.0. The summed E-state index contributed by atoms with van der Waals surface area (Å²) < 4.78 is 6.98. The zero-order valence-corrected chi connectivity index (χ0v) is 14.3. The first kappa shape index (κ1) is 17.1. The van der Waals surface area contributed by atoms with Gasteiger partial charge < -0.3 is 9.84 Å². The van der Waals surface area contributed by atoms with Crippen molar-refractivity contribution in [1.82, 2.24) is 14.5 Å². The van der Waals surface area contributed by atoms with Crippen LogP contribution >= 0.6 is 11.6 Å². The second-order valence-corrected chi connectivity index (χ2v) is 6.50. The van der Waals surface area contributed by atoms with Crippen LogP contribution in [0.1, 0.15) is 26.3 Å². The molecule has 1 amide bonds. The van der Waals surface area contributed by atoms with E-state index in [0.717, 1.165) is 5.56 Å². The third-order valence-electron chi connectivity index (χ3n) is 3.41. The zero-order valence-electron chi connectivity index (χ0n) is 13.6. The molecule has 1 N–H and O–H groups in total. The summed E-state index contributed by atoms with van der Waals surface area (Å²) >= 11 is 6.09. The summed E-state index contributed by atoms with van der Waals surface area (Å²) in [4.78, 5) is 12.7. The lowest BCUT2D eigenvalue weighted by Crippen LogP contribution is -2.44. The summed E-state index contributed by atoms with van der Waals surface area (Å²) in [6.07, 6.45) is 6.04. The van der Waals surface area contributed by atoms with E-state index in [1.807, 2.05) is 39.1 Å². The van der Waals surface area contributed by atoms with Crippen LogP contribution in [0, 0.1) is 0 Å². The molecule has 0 saturated heterocycles. The fourth-order valence-corrected chi connectivity index (χ4v) is 2.47. The normalized spacial score (nSPS) is 12.0. The number of hydrogen-bond acceptors (Lipinski definition) is 3. The molecule has 2 aromatic heterocycles. The molecular weight excluding hydrogens is 318 g/mol. The summed E-state index contributed by atoms with van der Waals surface area (Å²) in [6, 6.07) is 1.83. The topological polar surface area (TPSA) is 67.1 Å². The average Bonchev–Trinajstić information content (AvgIpc) is 2.82. The van der Waals surface area contributed by atoms with Crippen LogP contribution in [-0.4, -0.2) is 44.9 Å². The number of methoxy groups -OCH3 is 1. The predicted molar refractivity (Wildman–Crippen MR) is 90.3 cm³/mol. The van der Waals surface area contributed by atoms with E-state index >= 15 is 0 Å². The lowest BCUT2D eigenvalue weighted by atomic mass is 10.1. The lowest BCUT2D eigenvalue weighted by molar-refractivity contribution is 0.108. The molecule has 2 aromatic rings. The smallest absolute Gasteiger partial charge is 0.408 e. The van der Waals surface area contributed by atoms with Crippen LogP contribution in [0.25, 0.3) is 11.6 Å². The molecule has 124 valence electrons. The zero-order chi connectivity index (χ0) is 17.2. The number of aromatic nitrogens is 2. The first-order chi connectivity index (χ1) is 10.7. The summed E-state index contributed by atoms with van der Waals surface area (Å²) in [5.41, 5.74) is 1.08. The molecule has 0 aliphatic heterocycles. The molecule has 6 nitrogen and oxygen atoms in total. The number of hydrogen-bond donors (Lipinski definition) is 1. The molecule has 2 heterocycles. The van der Waals surface area contributed by atoms with Crippen LogP contribution in [0.5, 0.6) is 5.75 Å². The van der Waals surface area contributed by atoms with Crippen molar-refractivity contribution < 1.29 is 14.6 Å². The van der Waals surface area contributed by atoms with Crippen LogP contribution in [-0.2, 0) is 0 Å². The molecular formula is C16H20ClN3O3. The van der Waals surface area contributed by atoms with Crippen LogP contribution < -0.4 is 4.74 Å². The third kappa shape index (κ3) is 3.76. The van der Waals surface area contributed by atoms with Gasteiger partial charge in [-0.05, 0) is 32.4 Å². The van der Waals surface area contributed by atoms with Gasteiger partial charge in [0.05, 0.1) is 18.3 Å². The Balaban J connectivity index is 2.26. The minimum atomic E-state index is -0.950. The molecule has 0 atom stereocenters. The quantitative estimate of drug-likeness (QED) is 0.921. The van der Waals surface area contributed by atoms with E-state index in [4.69, 9.17) is 16.3 Å². The van der Waals surface area contributed by atoms with E-state index < -0.39 is 11.6 Å². The first-order valence-electron chi connectivity index (χ1n) is 7.12. The average molecular weight is 338 g/mol. The van der Waals surface area contributed by atoms with Crippen molar-refractivity contribution in [2.45, 2.75) is 26.3 Å². The SMILES string of the molecule is COc1cc(C=CCN(C(=O)O)C(C)(C)C)cn2ncc(Cl)c12. The molecule has 0 unspecified atom stereocenters. The molecule has 0 aliphatic carbocycles. The van der Waals surface area contributed by atoms with Crippen molar-refractivity contribution in [3.8, 4) is 5.75 Å². The largest absolute Gasteiger partial charge is 0.494 e. The van der Waals surface area contributed by atoms with Gasteiger partial charge in [-0.15, -0.1) is 0 Å². The molecule has 2 rings (SSSR count). The molecule has 0 aromatic carbocycles. The van der Waals surface area contributed by atoms with E-state index in [0.29, 0.717) is 22.8 Å². The first-order valence-corrected chi connectivity index (χ1v) is 7.50. The Morgan fingerprint density at radius 3 is 2.78 bits per heavy atom. The van der Waals surface area contributed by atoms with Crippen molar-refractivity contribution in [2.75, 3.05) is 13.7 Å². The number of fused-ring (bicyclic) bond motifs is 1. The van der Waals surface area contributed by atoms with Gasteiger partial charge in [-0.3, -0.25) is 4.90 Å². The Bertz CT molecular complexity index is 747. The maximum atomic E-state index is 11.3. The Morgan fingerprint density at radius 1 is 1.52 bits per heavy atom. The summed E-state index contributed by atoms with van der Waals surface area (Å²) in [6.45, 7) is 5.86. The predicted octanol–water partition coefficient (Wildman–Crippen LogP) is 3.79. The van der Waals surface area contributed by atoms with Gasteiger partial charge in [-0.2, -0.15) is 5.10 Å². The van der Waals surface area contributed by atoms with Gasteiger partial charge in [0, 0.05) is 18.3 Å². The lowest BCUT2D eigenvalue weighted by Gasteiger charge is -2.32. The molecule has 0 spiro atoms. The molecule has 0 saturated carbocycles. The number of carboxylic acid groups (broad SMARTS) is 1. The highest BCUT2D eigenvalue weighted by Crippen LogP contribution is 2.28. The minimum Gasteiger partial charge on any atom is -0.494 e. The Hall–Kier alpha value is -2.21. The van der Waals surface area contributed by atoms with Gasteiger partial charge in [0.15, 0.2) is 0 Å². The molecule has 0 fully saturated rings. The minimum absolute atomic E-state index is 0.291. The number of ether oxygens (including phenoxy) is 1. The van der Waals surface area contributed by atoms with Crippen LogP contribution in [0.4, 0.5) is 4.79 Å². The monoisotopic (exact) mass is 337 g/mol. The fraction of sp³-hybridized carbons (Fsp3) is 0.375.